The van der Waals surface area contributed by atoms with Crippen LogP contribution in [0.1, 0.15) is 41.5 Å². The number of halogens is 2. The molecule has 4 nitrogen and oxygen atoms in total. The van der Waals surface area contributed by atoms with Crippen LogP contribution in [0.3, 0.4) is 0 Å². The Balaban J connectivity index is 1.92. The maximum atomic E-state index is 13.0. The molecule has 2 aromatic carbocycles. The fourth-order valence-corrected chi connectivity index (χ4v) is 4.07. The molecule has 1 N–H and O–H groups in total. The highest BCUT2D eigenvalue weighted by atomic mass is 79.9. The number of H-pyrrole nitrogens is 1. The van der Waals surface area contributed by atoms with E-state index in [0.29, 0.717) is 10.7 Å². The zero-order chi connectivity index (χ0) is 18.4. The van der Waals surface area contributed by atoms with Crippen molar-refractivity contribution in [3.8, 4) is 11.3 Å². The maximum absolute atomic E-state index is 13.0. The zero-order valence-electron chi connectivity index (χ0n) is 14.3. The highest BCUT2D eigenvalue weighted by Gasteiger charge is 2.43. The molecule has 0 fully saturated rings. The second kappa shape index (κ2) is 6.56. The molecule has 2 heterocycles. The first-order chi connectivity index (χ1) is 12.5. The molecule has 1 aliphatic rings. The Morgan fingerprint density at radius 1 is 1.19 bits per heavy atom. The van der Waals surface area contributed by atoms with Crippen LogP contribution in [-0.2, 0) is 0 Å². The van der Waals surface area contributed by atoms with E-state index in [-0.39, 0.29) is 18.0 Å². The summed E-state index contributed by atoms with van der Waals surface area (Å²) >= 11 is 9.57. The monoisotopic (exact) mass is 429 g/mol. The molecule has 1 atom stereocenters. The second-order valence-corrected chi connectivity index (χ2v) is 7.98. The minimum Gasteiger partial charge on any atom is -0.324 e. The second-order valence-electron chi connectivity index (χ2n) is 6.63. The van der Waals surface area contributed by atoms with Gasteiger partial charge in [0, 0.05) is 26.7 Å². The fourth-order valence-electron chi connectivity index (χ4n) is 3.53. The van der Waals surface area contributed by atoms with Crippen molar-refractivity contribution in [3.05, 3.63) is 74.8 Å². The molecule has 6 heteroatoms. The van der Waals surface area contributed by atoms with Gasteiger partial charge in [-0.2, -0.15) is 5.10 Å². The summed E-state index contributed by atoms with van der Waals surface area (Å²) < 4.78 is 0.983. The van der Waals surface area contributed by atoms with Gasteiger partial charge in [-0.25, -0.2) is 0 Å². The van der Waals surface area contributed by atoms with Gasteiger partial charge in [0.1, 0.15) is 5.69 Å². The molecule has 132 valence electrons. The lowest BCUT2D eigenvalue weighted by atomic mass is 9.96. The van der Waals surface area contributed by atoms with Gasteiger partial charge in [0.15, 0.2) is 0 Å². The number of hydrogen-bond donors (Lipinski definition) is 1. The van der Waals surface area contributed by atoms with E-state index in [1.54, 1.807) is 0 Å². The predicted molar refractivity (Wildman–Crippen MR) is 106 cm³/mol. The number of benzene rings is 2. The number of aromatic amines is 1. The zero-order valence-corrected chi connectivity index (χ0v) is 16.7. The lowest BCUT2D eigenvalue weighted by molar-refractivity contribution is 0.0688. The molecule has 3 aromatic rings. The standard InChI is InChI=1S/C20H17BrClN3O/c1-11(2)25-19(13-4-3-5-14(21)10-13)16-17(23-24-18(16)20(25)26)12-6-8-15(22)9-7-12/h3-11,19H,1-2H3,(H,23,24). The van der Waals surface area contributed by atoms with Crippen LogP contribution in [0, 0.1) is 0 Å². The normalized spacial score (nSPS) is 16.4. The van der Waals surface area contributed by atoms with Gasteiger partial charge in [0.2, 0.25) is 0 Å². The Labute approximate surface area is 165 Å². The SMILES string of the molecule is CC(C)N1C(=O)c2[nH]nc(-c3ccc(Cl)cc3)c2C1c1cccc(Br)c1. The van der Waals surface area contributed by atoms with Crippen LogP contribution in [0.4, 0.5) is 0 Å². The van der Waals surface area contributed by atoms with Crippen LogP contribution < -0.4 is 0 Å². The lowest BCUT2D eigenvalue weighted by Crippen LogP contribution is -2.35. The quantitative estimate of drug-likeness (QED) is 0.601. The molecule has 26 heavy (non-hydrogen) atoms. The van der Waals surface area contributed by atoms with Crippen LogP contribution in [-0.4, -0.2) is 27.0 Å². The Kier molecular flexibility index (Phi) is 4.37. The average Bonchev–Trinajstić information content (AvgIpc) is 3.15. The van der Waals surface area contributed by atoms with Crippen LogP contribution in [0.2, 0.25) is 5.02 Å². The van der Waals surface area contributed by atoms with Gasteiger partial charge in [0.25, 0.3) is 5.91 Å². The molecule has 0 bridgehead atoms. The van der Waals surface area contributed by atoms with E-state index in [4.69, 9.17) is 11.6 Å². The summed E-state index contributed by atoms with van der Waals surface area (Å²) in [6, 6.07) is 15.5. The van der Waals surface area contributed by atoms with E-state index in [1.807, 2.05) is 61.2 Å². The molecule has 1 aromatic heterocycles. The molecule has 4 rings (SSSR count). The Morgan fingerprint density at radius 2 is 1.92 bits per heavy atom. The fraction of sp³-hybridized carbons (Fsp3) is 0.200. The first-order valence-electron chi connectivity index (χ1n) is 8.39. The van der Waals surface area contributed by atoms with E-state index < -0.39 is 0 Å². The largest absolute Gasteiger partial charge is 0.324 e. The highest BCUT2D eigenvalue weighted by Crippen LogP contribution is 2.44. The van der Waals surface area contributed by atoms with Crippen molar-refractivity contribution >= 4 is 33.4 Å². The van der Waals surface area contributed by atoms with Crippen molar-refractivity contribution in [3.63, 3.8) is 0 Å². The predicted octanol–water partition coefficient (Wildman–Crippen LogP) is 5.45. The van der Waals surface area contributed by atoms with Crippen molar-refractivity contribution in [1.29, 1.82) is 0 Å². The molecule has 0 saturated heterocycles. The summed E-state index contributed by atoms with van der Waals surface area (Å²) in [6.45, 7) is 4.06. The maximum Gasteiger partial charge on any atom is 0.273 e. The van der Waals surface area contributed by atoms with Crippen molar-refractivity contribution in [2.24, 2.45) is 0 Å². The van der Waals surface area contributed by atoms with Gasteiger partial charge in [-0.15, -0.1) is 0 Å². The van der Waals surface area contributed by atoms with Crippen LogP contribution in [0.15, 0.2) is 53.0 Å². The molecular formula is C20H17BrClN3O. The van der Waals surface area contributed by atoms with E-state index in [1.165, 1.54) is 0 Å². The van der Waals surface area contributed by atoms with Crippen LogP contribution >= 0.6 is 27.5 Å². The third kappa shape index (κ3) is 2.75. The summed E-state index contributed by atoms with van der Waals surface area (Å²) in [7, 11) is 0. The number of aromatic nitrogens is 2. The third-order valence-electron chi connectivity index (χ3n) is 4.64. The summed E-state index contributed by atoms with van der Waals surface area (Å²) in [5.41, 5.74) is 4.26. The number of hydrogen-bond acceptors (Lipinski definition) is 2. The molecular weight excluding hydrogens is 414 g/mol. The number of carbonyl (C=O) groups is 1. The van der Waals surface area contributed by atoms with Crippen molar-refractivity contribution < 1.29 is 4.79 Å². The van der Waals surface area contributed by atoms with Crippen molar-refractivity contribution in [2.75, 3.05) is 0 Å². The van der Waals surface area contributed by atoms with Crippen molar-refractivity contribution in [1.82, 2.24) is 15.1 Å². The van der Waals surface area contributed by atoms with Crippen molar-refractivity contribution in [2.45, 2.75) is 25.9 Å². The van der Waals surface area contributed by atoms with Gasteiger partial charge >= 0.3 is 0 Å². The summed E-state index contributed by atoms with van der Waals surface area (Å²) in [4.78, 5) is 14.9. The minimum atomic E-state index is -0.181. The van der Waals surface area contributed by atoms with Gasteiger partial charge in [-0.05, 0) is 43.7 Å². The summed E-state index contributed by atoms with van der Waals surface area (Å²) in [5, 5.41) is 8.09. The number of nitrogens with zero attached hydrogens (tertiary/aromatic N) is 2. The number of amides is 1. The first-order valence-corrected chi connectivity index (χ1v) is 9.57. The minimum absolute atomic E-state index is 0.0207. The van der Waals surface area contributed by atoms with Crippen LogP contribution in [0.5, 0.6) is 0 Å². The summed E-state index contributed by atoms with van der Waals surface area (Å²) in [6.07, 6.45) is 0. The van der Waals surface area contributed by atoms with Gasteiger partial charge < -0.3 is 4.90 Å². The number of carbonyl (C=O) groups excluding carboxylic acids is 1. The third-order valence-corrected chi connectivity index (χ3v) is 5.39. The molecule has 0 saturated carbocycles. The Bertz CT molecular complexity index is 981. The Morgan fingerprint density at radius 3 is 2.58 bits per heavy atom. The van der Waals surface area contributed by atoms with E-state index in [9.17, 15) is 4.79 Å². The topological polar surface area (TPSA) is 49.0 Å². The molecule has 1 amide bonds. The van der Waals surface area contributed by atoms with Gasteiger partial charge in [-0.1, -0.05) is 51.8 Å². The van der Waals surface area contributed by atoms with E-state index in [0.717, 1.165) is 26.9 Å². The van der Waals surface area contributed by atoms with E-state index >= 15 is 0 Å². The number of rotatable bonds is 3. The average molecular weight is 431 g/mol. The van der Waals surface area contributed by atoms with E-state index in [2.05, 4.69) is 32.2 Å². The van der Waals surface area contributed by atoms with Gasteiger partial charge in [-0.3, -0.25) is 9.89 Å². The molecule has 1 unspecified atom stereocenters. The smallest absolute Gasteiger partial charge is 0.273 e. The number of nitrogens with one attached hydrogen (secondary N) is 1. The number of fused-ring (bicyclic) bond motifs is 1. The Hall–Kier alpha value is -2.11. The molecule has 0 aliphatic carbocycles. The van der Waals surface area contributed by atoms with Gasteiger partial charge in [0.05, 0.1) is 11.7 Å². The summed E-state index contributed by atoms with van der Waals surface area (Å²) in [5.74, 6) is -0.0207. The first kappa shape index (κ1) is 17.3. The lowest BCUT2D eigenvalue weighted by Gasteiger charge is -2.30. The molecule has 0 radical (unpaired) electrons. The van der Waals surface area contributed by atoms with Crippen LogP contribution in [0.25, 0.3) is 11.3 Å². The molecule has 0 spiro atoms. The highest BCUT2D eigenvalue weighted by molar-refractivity contribution is 9.10. The molecule has 1 aliphatic heterocycles.